The quantitative estimate of drug-likeness (QED) is 0.688. The van der Waals surface area contributed by atoms with Crippen LogP contribution in [0.15, 0.2) is 46.1 Å². The molecule has 116 valence electrons. The van der Waals surface area contributed by atoms with Crippen molar-refractivity contribution in [3.63, 3.8) is 0 Å². The summed E-state index contributed by atoms with van der Waals surface area (Å²) >= 11 is 3.47. The van der Waals surface area contributed by atoms with E-state index in [1.807, 2.05) is 36.4 Å². The van der Waals surface area contributed by atoms with Crippen LogP contribution in [0.1, 0.15) is 11.3 Å². The number of halogens is 1. The van der Waals surface area contributed by atoms with Crippen LogP contribution in [-0.2, 0) is 14.1 Å². The van der Waals surface area contributed by atoms with Crippen molar-refractivity contribution in [1.82, 2.24) is 19.1 Å². The zero-order chi connectivity index (χ0) is 16.6. The molecule has 0 aliphatic carbocycles. The topological polar surface area (TPSA) is 69.8 Å². The van der Waals surface area contributed by atoms with Gasteiger partial charge in [0.2, 0.25) is 0 Å². The predicted octanol–water partition coefficient (Wildman–Crippen LogP) is 1.92. The van der Waals surface area contributed by atoms with Gasteiger partial charge in [-0.1, -0.05) is 30.3 Å². The fourth-order valence-corrected chi connectivity index (χ4v) is 2.67. The van der Waals surface area contributed by atoms with Gasteiger partial charge in [-0.05, 0) is 27.6 Å². The van der Waals surface area contributed by atoms with Crippen LogP contribution < -0.4 is 11.2 Å². The number of hydrogen-bond acceptors (Lipinski definition) is 4. The van der Waals surface area contributed by atoms with Crippen LogP contribution in [0.5, 0.6) is 0 Å². The standard InChI is InChI=1S/C16H13BrN4O2/c1-20-14-13(15(22)21(2)16(20)23)18-9-12(19-14)11(17)8-10-6-4-3-5-7-10/h3-9H,1-2H3/b11-8-. The van der Waals surface area contributed by atoms with E-state index in [2.05, 4.69) is 25.9 Å². The number of fused-ring (bicyclic) bond motifs is 1. The Morgan fingerprint density at radius 2 is 1.83 bits per heavy atom. The molecule has 23 heavy (non-hydrogen) atoms. The van der Waals surface area contributed by atoms with Gasteiger partial charge in [-0.2, -0.15) is 0 Å². The minimum absolute atomic E-state index is 0.165. The molecule has 3 rings (SSSR count). The lowest BCUT2D eigenvalue weighted by atomic mass is 10.2. The molecule has 0 amide bonds. The molecule has 2 heterocycles. The molecule has 3 aromatic rings. The molecule has 1 aromatic carbocycles. The van der Waals surface area contributed by atoms with E-state index in [1.54, 1.807) is 7.05 Å². The van der Waals surface area contributed by atoms with Crippen molar-refractivity contribution >= 4 is 37.7 Å². The first kappa shape index (κ1) is 15.4. The third kappa shape index (κ3) is 2.75. The molecule has 7 heteroatoms. The molecule has 0 N–H and O–H groups in total. The van der Waals surface area contributed by atoms with Crippen molar-refractivity contribution in [2.24, 2.45) is 14.1 Å². The third-order valence-corrected chi connectivity index (χ3v) is 4.13. The summed E-state index contributed by atoms with van der Waals surface area (Å²) in [5.74, 6) is 0. The third-order valence-electron chi connectivity index (χ3n) is 3.49. The van der Waals surface area contributed by atoms with Crippen molar-refractivity contribution in [1.29, 1.82) is 0 Å². The molecular weight excluding hydrogens is 360 g/mol. The molecule has 0 radical (unpaired) electrons. The van der Waals surface area contributed by atoms with E-state index in [9.17, 15) is 9.59 Å². The molecule has 2 aromatic heterocycles. The fraction of sp³-hybridized carbons (Fsp3) is 0.125. The Balaban J connectivity index is 2.20. The first-order valence-corrected chi connectivity index (χ1v) is 7.63. The van der Waals surface area contributed by atoms with Crippen LogP contribution in [-0.4, -0.2) is 19.1 Å². The smallest absolute Gasteiger partial charge is 0.279 e. The largest absolute Gasteiger partial charge is 0.332 e. The first-order chi connectivity index (χ1) is 11.0. The van der Waals surface area contributed by atoms with Crippen molar-refractivity contribution in [3.05, 3.63) is 68.6 Å². The van der Waals surface area contributed by atoms with Crippen molar-refractivity contribution in [3.8, 4) is 0 Å². The van der Waals surface area contributed by atoms with Gasteiger partial charge in [0.05, 0.1) is 11.9 Å². The lowest BCUT2D eigenvalue weighted by Crippen LogP contribution is -2.37. The van der Waals surface area contributed by atoms with E-state index in [4.69, 9.17) is 0 Å². The van der Waals surface area contributed by atoms with E-state index in [0.717, 1.165) is 10.1 Å². The second-order valence-corrected chi connectivity index (χ2v) is 5.89. The van der Waals surface area contributed by atoms with Crippen molar-refractivity contribution < 1.29 is 0 Å². The Morgan fingerprint density at radius 1 is 1.13 bits per heavy atom. The zero-order valence-electron chi connectivity index (χ0n) is 12.5. The SMILES string of the molecule is Cn1c(=O)c2ncc(/C(Br)=C/c3ccccc3)nc2n(C)c1=O. The molecular formula is C16H13BrN4O2. The van der Waals surface area contributed by atoms with Gasteiger partial charge in [-0.3, -0.25) is 13.9 Å². The molecule has 0 bridgehead atoms. The molecule has 0 spiro atoms. The van der Waals surface area contributed by atoms with Crippen molar-refractivity contribution in [2.75, 3.05) is 0 Å². The Hall–Kier alpha value is -2.54. The highest BCUT2D eigenvalue weighted by Crippen LogP contribution is 2.22. The average molecular weight is 373 g/mol. The first-order valence-electron chi connectivity index (χ1n) is 6.84. The zero-order valence-corrected chi connectivity index (χ0v) is 14.1. The van der Waals surface area contributed by atoms with E-state index in [-0.39, 0.29) is 11.2 Å². The minimum atomic E-state index is -0.453. The highest BCUT2D eigenvalue weighted by atomic mass is 79.9. The van der Waals surface area contributed by atoms with Gasteiger partial charge < -0.3 is 0 Å². The average Bonchev–Trinajstić information content (AvgIpc) is 2.58. The summed E-state index contributed by atoms with van der Waals surface area (Å²) in [6.45, 7) is 0. The summed E-state index contributed by atoms with van der Waals surface area (Å²) in [5.41, 5.74) is 1.08. The van der Waals surface area contributed by atoms with Gasteiger partial charge >= 0.3 is 5.69 Å². The van der Waals surface area contributed by atoms with E-state index < -0.39 is 11.2 Å². The molecule has 0 aliphatic rings. The summed E-state index contributed by atoms with van der Waals surface area (Å²) in [7, 11) is 2.99. The van der Waals surface area contributed by atoms with Crippen LogP contribution in [0.4, 0.5) is 0 Å². The summed E-state index contributed by atoms with van der Waals surface area (Å²) in [6.07, 6.45) is 3.41. The Kier molecular flexibility index (Phi) is 3.96. The maximum absolute atomic E-state index is 12.1. The highest BCUT2D eigenvalue weighted by molar-refractivity contribution is 9.15. The van der Waals surface area contributed by atoms with Crippen LogP contribution in [0.25, 0.3) is 21.7 Å². The van der Waals surface area contributed by atoms with E-state index in [0.29, 0.717) is 10.2 Å². The van der Waals surface area contributed by atoms with E-state index >= 15 is 0 Å². The number of nitrogens with zero attached hydrogens (tertiary/aromatic N) is 4. The number of aryl methyl sites for hydroxylation is 1. The molecule has 0 unspecified atom stereocenters. The maximum atomic E-state index is 12.1. The van der Waals surface area contributed by atoms with Gasteiger partial charge in [-0.25, -0.2) is 14.8 Å². The Bertz CT molecular complexity index is 1040. The Morgan fingerprint density at radius 3 is 2.52 bits per heavy atom. The summed E-state index contributed by atoms with van der Waals surface area (Å²) in [6, 6.07) is 9.73. The van der Waals surface area contributed by atoms with Gasteiger partial charge in [0, 0.05) is 18.6 Å². The molecule has 0 aliphatic heterocycles. The highest BCUT2D eigenvalue weighted by Gasteiger charge is 2.12. The fourth-order valence-electron chi connectivity index (χ4n) is 2.21. The van der Waals surface area contributed by atoms with E-state index in [1.165, 1.54) is 17.8 Å². The van der Waals surface area contributed by atoms with Gasteiger partial charge in [0.1, 0.15) is 0 Å². The second-order valence-electron chi connectivity index (χ2n) is 5.04. The maximum Gasteiger partial charge on any atom is 0.332 e. The molecule has 0 fully saturated rings. The summed E-state index contributed by atoms with van der Waals surface area (Å²) in [4.78, 5) is 32.7. The molecule has 0 saturated heterocycles. The van der Waals surface area contributed by atoms with Crippen LogP contribution in [0.2, 0.25) is 0 Å². The van der Waals surface area contributed by atoms with Gasteiger partial charge in [-0.15, -0.1) is 0 Å². The number of rotatable bonds is 2. The second kappa shape index (κ2) is 5.92. The minimum Gasteiger partial charge on any atom is -0.279 e. The predicted molar refractivity (Wildman–Crippen MR) is 93.3 cm³/mol. The Labute approximate surface area is 139 Å². The lowest BCUT2D eigenvalue weighted by molar-refractivity contribution is 0.704. The lowest BCUT2D eigenvalue weighted by Gasteiger charge is -2.07. The normalized spacial score (nSPS) is 11.9. The van der Waals surface area contributed by atoms with Gasteiger partial charge in [0.25, 0.3) is 5.56 Å². The van der Waals surface area contributed by atoms with Crippen LogP contribution >= 0.6 is 15.9 Å². The number of benzene rings is 1. The summed E-state index contributed by atoms with van der Waals surface area (Å²) < 4.78 is 3.05. The number of hydrogen-bond donors (Lipinski definition) is 0. The van der Waals surface area contributed by atoms with Gasteiger partial charge in [0.15, 0.2) is 11.2 Å². The summed E-state index contributed by atoms with van der Waals surface area (Å²) in [5, 5.41) is 0. The van der Waals surface area contributed by atoms with Crippen LogP contribution in [0, 0.1) is 0 Å². The monoisotopic (exact) mass is 372 g/mol. The number of aromatic nitrogens is 4. The molecule has 6 nitrogen and oxygen atoms in total. The molecule has 0 saturated carbocycles. The van der Waals surface area contributed by atoms with Crippen molar-refractivity contribution in [2.45, 2.75) is 0 Å². The van der Waals surface area contributed by atoms with Crippen LogP contribution in [0.3, 0.4) is 0 Å². The molecule has 0 atom stereocenters.